The molecular weight excluding hydrogens is 775 g/mol. The first-order chi connectivity index (χ1) is 31.7. The second-order valence-electron chi connectivity index (χ2n) is 16.5. The Bertz CT molecular complexity index is 3120. The molecule has 0 saturated carbocycles. The van der Waals surface area contributed by atoms with Gasteiger partial charge >= 0.3 is 0 Å². The van der Waals surface area contributed by atoms with Gasteiger partial charge in [0, 0.05) is 33.8 Å². The molecule has 0 atom stereocenters. The average Bonchev–Trinajstić information content (AvgIpc) is 3.74. The van der Waals surface area contributed by atoms with E-state index in [2.05, 4.69) is 260 Å². The Morgan fingerprint density at radius 1 is 0.297 bits per heavy atom. The summed E-state index contributed by atoms with van der Waals surface area (Å²) in [5.74, 6) is 0.147. The Balaban J connectivity index is 0.972. The first kappa shape index (κ1) is 38.7. The van der Waals surface area contributed by atoms with Crippen molar-refractivity contribution in [3.05, 3.63) is 271 Å². The molecule has 0 aliphatic rings. The van der Waals surface area contributed by atoms with Crippen LogP contribution in [0.3, 0.4) is 0 Å². The van der Waals surface area contributed by atoms with E-state index < -0.39 is 0 Å². The molecule has 0 radical (unpaired) electrons. The van der Waals surface area contributed by atoms with Crippen LogP contribution in [-0.2, 0) is 6.42 Å². The largest absolute Gasteiger partial charge is 0.456 e. The molecule has 0 amide bonds. The molecule has 304 valence electrons. The molecule has 2 heteroatoms. The van der Waals surface area contributed by atoms with Crippen molar-refractivity contribution in [1.29, 1.82) is 0 Å². The van der Waals surface area contributed by atoms with Crippen molar-refractivity contribution in [2.75, 3.05) is 4.90 Å². The predicted molar refractivity (Wildman–Crippen MR) is 269 cm³/mol. The Hall–Kier alpha value is -8.20. The second kappa shape index (κ2) is 17.3. The summed E-state index contributed by atoms with van der Waals surface area (Å²) in [6.07, 6.45) is 0.839. The van der Waals surface area contributed by atoms with E-state index in [1.807, 2.05) is 0 Å². The van der Waals surface area contributed by atoms with Crippen LogP contribution < -0.4 is 4.90 Å². The Kier molecular flexibility index (Phi) is 10.5. The number of fused-ring (bicyclic) bond motifs is 3. The lowest BCUT2D eigenvalue weighted by Gasteiger charge is -2.26. The summed E-state index contributed by atoms with van der Waals surface area (Å²) in [5, 5.41) is 2.21. The van der Waals surface area contributed by atoms with Gasteiger partial charge in [-0.1, -0.05) is 200 Å². The van der Waals surface area contributed by atoms with Crippen LogP contribution in [0.25, 0.3) is 66.4 Å². The number of benzene rings is 10. The molecule has 11 aromatic rings. The van der Waals surface area contributed by atoms with Crippen molar-refractivity contribution >= 4 is 39.0 Å². The molecule has 1 aromatic heterocycles. The van der Waals surface area contributed by atoms with Gasteiger partial charge in [-0.05, 0) is 122 Å². The minimum Gasteiger partial charge on any atom is -0.456 e. The lowest BCUT2D eigenvalue weighted by Crippen LogP contribution is -2.09. The summed E-state index contributed by atoms with van der Waals surface area (Å²) in [6, 6.07) is 91.8. The van der Waals surface area contributed by atoms with Gasteiger partial charge < -0.3 is 9.32 Å². The van der Waals surface area contributed by atoms with Crippen molar-refractivity contribution in [2.24, 2.45) is 0 Å². The standard InChI is InChI=1S/C62H45NO/c1-5-13-45(14-6-1)49-22-26-53(27-23-49)58(54-28-24-50(25-29-54)46-15-7-2-8-16-46)41-44-21-39-61-59(42-44)60-43-57(38-40-62(60)64-61)63(55-34-30-51(31-35-55)47-17-9-3-10-18-47)56-36-32-52(33-37-56)48-19-11-4-12-20-48/h1-40,42-43,58H,41H2. The van der Waals surface area contributed by atoms with Crippen molar-refractivity contribution in [1.82, 2.24) is 0 Å². The van der Waals surface area contributed by atoms with E-state index in [1.165, 1.54) is 61.2 Å². The Morgan fingerprint density at radius 3 is 1.03 bits per heavy atom. The SMILES string of the molecule is c1ccc(-c2ccc(C(Cc3ccc4oc5ccc(N(c6ccc(-c7ccccc7)cc6)c6ccc(-c7ccccc7)cc6)cc5c4c3)c3ccc(-c4ccccc4)cc3)cc2)cc1. The zero-order valence-corrected chi connectivity index (χ0v) is 35.4. The van der Waals surface area contributed by atoms with Crippen molar-refractivity contribution in [3.8, 4) is 44.5 Å². The van der Waals surface area contributed by atoms with Crippen LogP contribution in [0, 0.1) is 0 Å². The van der Waals surface area contributed by atoms with Crippen molar-refractivity contribution < 1.29 is 4.42 Å². The molecule has 10 aromatic carbocycles. The molecule has 1 heterocycles. The fourth-order valence-corrected chi connectivity index (χ4v) is 9.13. The van der Waals surface area contributed by atoms with Crippen LogP contribution in [0.15, 0.2) is 259 Å². The molecule has 11 rings (SSSR count). The second-order valence-corrected chi connectivity index (χ2v) is 16.5. The van der Waals surface area contributed by atoms with Gasteiger partial charge in [0.1, 0.15) is 11.2 Å². The monoisotopic (exact) mass is 819 g/mol. The normalized spacial score (nSPS) is 11.3. The molecule has 0 aliphatic carbocycles. The Labute approximate surface area is 375 Å². The zero-order valence-electron chi connectivity index (χ0n) is 35.4. The smallest absolute Gasteiger partial charge is 0.135 e. The molecule has 0 fully saturated rings. The highest BCUT2D eigenvalue weighted by Gasteiger charge is 2.20. The van der Waals surface area contributed by atoms with Gasteiger partial charge in [0.15, 0.2) is 0 Å². The van der Waals surface area contributed by atoms with Gasteiger partial charge in [0.2, 0.25) is 0 Å². The minimum atomic E-state index is 0.147. The summed E-state index contributed by atoms with van der Waals surface area (Å²) < 4.78 is 6.55. The number of hydrogen-bond acceptors (Lipinski definition) is 2. The lowest BCUT2D eigenvalue weighted by atomic mass is 9.84. The molecule has 0 unspecified atom stereocenters. The number of anilines is 3. The molecule has 0 aliphatic heterocycles. The van der Waals surface area contributed by atoms with E-state index in [0.717, 1.165) is 45.4 Å². The topological polar surface area (TPSA) is 16.4 Å². The van der Waals surface area contributed by atoms with E-state index >= 15 is 0 Å². The lowest BCUT2D eigenvalue weighted by molar-refractivity contribution is 0.668. The maximum Gasteiger partial charge on any atom is 0.135 e. The highest BCUT2D eigenvalue weighted by atomic mass is 16.3. The molecule has 64 heavy (non-hydrogen) atoms. The van der Waals surface area contributed by atoms with Gasteiger partial charge in [0.05, 0.1) is 0 Å². The van der Waals surface area contributed by atoms with E-state index in [0.29, 0.717) is 0 Å². The van der Waals surface area contributed by atoms with Gasteiger partial charge in [-0.15, -0.1) is 0 Å². The number of rotatable bonds is 11. The summed E-state index contributed by atoms with van der Waals surface area (Å²) in [6.45, 7) is 0. The first-order valence-corrected chi connectivity index (χ1v) is 22.1. The maximum atomic E-state index is 6.55. The maximum absolute atomic E-state index is 6.55. The number of furan rings is 1. The van der Waals surface area contributed by atoms with Crippen LogP contribution in [-0.4, -0.2) is 0 Å². The van der Waals surface area contributed by atoms with Crippen molar-refractivity contribution in [3.63, 3.8) is 0 Å². The number of nitrogens with zero attached hydrogens (tertiary/aromatic N) is 1. The van der Waals surface area contributed by atoms with Crippen LogP contribution >= 0.6 is 0 Å². The summed E-state index contributed by atoms with van der Waals surface area (Å²) in [5.41, 5.74) is 18.5. The third-order valence-electron chi connectivity index (χ3n) is 12.5. The molecule has 2 nitrogen and oxygen atoms in total. The molecule has 0 N–H and O–H groups in total. The Morgan fingerprint density at radius 2 is 0.625 bits per heavy atom. The van der Waals surface area contributed by atoms with Crippen molar-refractivity contribution in [2.45, 2.75) is 12.3 Å². The van der Waals surface area contributed by atoms with Crippen LogP contribution in [0.1, 0.15) is 22.6 Å². The van der Waals surface area contributed by atoms with Gasteiger partial charge in [0.25, 0.3) is 0 Å². The third-order valence-corrected chi connectivity index (χ3v) is 12.5. The average molecular weight is 820 g/mol. The van der Waals surface area contributed by atoms with Gasteiger partial charge in [-0.25, -0.2) is 0 Å². The van der Waals surface area contributed by atoms with E-state index in [9.17, 15) is 0 Å². The van der Waals surface area contributed by atoms with Crippen LogP contribution in [0.5, 0.6) is 0 Å². The van der Waals surface area contributed by atoms with Gasteiger partial charge in [-0.3, -0.25) is 0 Å². The van der Waals surface area contributed by atoms with E-state index in [-0.39, 0.29) is 5.92 Å². The van der Waals surface area contributed by atoms with Crippen LogP contribution in [0.2, 0.25) is 0 Å². The highest BCUT2D eigenvalue weighted by Crippen LogP contribution is 2.41. The molecular formula is C62H45NO. The molecule has 0 spiro atoms. The van der Waals surface area contributed by atoms with E-state index in [1.54, 1.807) is 0 Å². The molecule has 0 saturated heterocycles. The minimum absolute atomic E-state index is 0.147. The molecule has 0 bridgehead atoms. The fraction of sp³-hybridized carbons (Fsp3) is 0.0323. The van der Waals surface area contributed by atoms with E-state index in [4.69, 9.17) is 4.42 Å². The van der Waals surface area contributed by atoms with Crippen LogP contribution in [0.4, 0.5) is 17.1 Å². The first-order valence-electron chi connectivity index (χ1n) is 22.1. The quantitative estimate of drug-likeness (QED) is 0.129. The third kappa shape index (κ3) is 7.90. The number of hydrogen-bond donors (Lipinski definition) is 0. The summed E-state index contributed by atoms with van der Waals surface area (Å²) in [4.78, 5) is 2.35. The summed E-state index contributed by atoms with van der Waals surface area (Å²) in [7, 11) is 0. The summed E-state index contributed by atoms with van der Waals surface area (Å²) >= 11 is 0. The fourth-order valence-electron chi connectivity index (χ4n) is 9.13. The highest BCUT2D eigenvalue weighted by molar-refractivity contribution is 6.07. The zero-order chi connectivity index (χ0) is 42.7. The van der Waals surface area contributed by atoms with Gasteiger partial charge in [-0.2, -0.15) is 0 Å². The predicted octanol–water partition coefficient (Wildman–Crippen LogP) is 17.1.